The van der Waals surface area contributed by atoms with E-state index in [1.165, 1.54) is 6.26 Å². The minimum absolute atomic E-state index is 0.0383. The lowest BCUT2D eigenvalue weighted by molar-refractivity contribution is -0.121. The number of aromatic nitrogens is 1. The van der Waals surface area contributed by atoms with Crippen LogP contribution in [0.5, 0.6) is 5.75 Å². The van der Waals surface area contributed by atoms with Gasteiger partial charge < -0.3 is 18.9 Å². The molecule has 3 heterocycles. The van der Waals surface area contributed by atoms with Gasteiger partial charge in [0.1, 0.15) is 24.3 Å². The lowest BCUT2D eigenvalue weighted by Gasteiger charge is -2.31. The molecule has 162 valence electrons. The number of carbonyl (C=O) groups is 2. The highest BCUT2D eigenvalue weighted by Crippen LogP contribution is 2.38. The predicted molar refractivity (Wildman–Crippen MR) is 113 cm³/mol. The fourth-order valence-electron chi connectivity index (χ4n) is 3.29. The van der Waals surface area contributed by atoms with E-state index in [4.69, 9.17) is 13.6 Å². The zero-order valence-electron chi connectivity index (χ0n) is 17.8. The Balaban J connectivity index is 1.51. The minimum atomic E-state index is -0.382. The van der Waals surface area contributed by atoms with E-state index in [0.717, 1.165) is 12.0 Å². The van der Waals surface area contributed by atoms with E-state index in [9.17, 15) is 9.59 Å². The summed E-state index contributed by atoms with van der Waals surface area (Å²) in [5, 5.41) is 2.72. The molecular formula is C23H25N3O5. The molecule has 0 saturated heterocycles. The van der Waals surface area contributed by atoms with Crippen molar-refractivity contribution >= 4 is 17.5 Å². The second kappa shape index (κ2) is 8.29. The summed E-state index contributed by atoms with van der Waals surface area (Å²) in [4.78, 5) is 30.8. The highest BCUT2D eigenvalue weighted by Gasteiger charge is 2.29. The molecule has 8 heteroatoms. The van der Waals surface area contributed by atoms with Crippen LogP contribution in [0.15, 0.2) is 51.7 Å². The van der Waals surface area contributed by atoms with E-state index in [-0.39, 0.29) is 48.5 Å². The number of hydrogen-bond acceptors (Lipinski definition) is 6. The lowest BCUT2D eigenvalue weighted by atomic mass is 9.82. The van der Waals surface area contributed by atoms with Crippen molar-refractivity contribution in [2.45, 2.75) is 45.7 Å². The monoisotopic (exact) mass is 423 g/mol. The number of ether oxygens (including phenoxy) is 1. The van der Waals surface area contributed by atoms with Gasteiger partial charge >= 0.3 is 0 Å². The molecule has 1 aliphatic rings. The number of nitrogens with one attached hydrogen (secondary N) is 1. The smallest absolute Gasteiger partial charge is 0.273 e. The van der Waals surface area contributed by atoms with Gasteiger partial charge in [0, 0.05) is 0 Å². The molecule has 2 amide bonds. The number of fused-ring (bicyclic) bond motifs is 1. The summed E-state index contributed by atoms with van der Waals surface area (Å²) in [5.41, 5.74) is 1.90. The second-order valence-electron chi connectivity index (χ2n) is 8.08. The zero-order chi connectivity index (χ0) is 22.0. The molecule has 3 aromatic rings. The van der Waals surface area contributed by atoms with E-state index >= 15 is 0 Å². The van der Waals surface area contributed by atoms with Gasteiger partial charge in [-0.2, -0.15) is 0 Å². The standard InChI is InChI=1S/C23H25N3O5/c1-4-23(2,3)15-7-8-19-18(10-15)26(21(27)14-30-19)12-20-25-17(13-31-20)22(28)24-11-16-6-5-9-29-16/h5-10,13H,4,11-12,14H2,1-3H3,(H,24,28). The summed E-state index contributed by atoms with van der Waals surface area (Å²) >= 11 is 0. The van der Waals surface area contributed by atoms with Crippen molar-refractivity contribution < 1.29 is 23.2 Å². The molecule has 0 radical (unpaired) electrons. The van der Waals surface area contributed by atoms with Crippen LogP contribution in [0, 0.1) is 0 Å². The quantitative estimate of drug-likeness (QED) is 0.621. The van der Waals surface area contributed by atoms with Gasteiger partial charge in [0.15, 0.2) is 12.3 Å². The van der Waals surface area contributed by atoms with Gasteiger partial charge in [-0.3, -0.25) is 14.5 Å². The average Bonchev–Trinajstić information content (AvgIpc) is 3.46. The third-order valence-corrected chi connectivity index (χ3v) is 5.65. The highest BCUT2D eigenvalue weighted by molar-refractivity contribution is 5.98. The molecule has 1 N–H and O–H groups in total. The number of carbonyl (C=O) groups excluding carboxylic acids is 2. The van der Waals surface area contributed by atoms with Crippen molar-refractivity contribution in [2.75, 3.05) is 11.5 Å². The van der Waals surface area contributed by atoms with Crippen LogP contribution >= 0.6 is 0 Å². The first-order chi connectivity index (χ1) is 14.9. The Morgan fingerprint density at radius 2 is 2.10 bits per heavy atom. The Kier molecular flexibility index (Phi) is 5.54. The molecule has 8 nitrogen and oxygen atoms in total. The predicted octanol–water partition coefficient (Wildman–Crippen LogP) is 3.81. The molecule has 1 aliphatic heterocycles. The molecule has 4 rings (SSSR count). The van der Waals surface area contributed by atoms with Gasteiger partial charge in [0.2, 0.25) is 5.89 Å². The first-order valence-corrected chi connectivity index (χ1v) is 10.2. The third-order valence-electron chi connectivity index (χ3n) is 5.65. The van der Waals surface area contributed by atoms with Crippen molar-refractivity contribution in [1.29, 1.82) is 0 Å². The fourth-order valence-corrected chi connectivity index (χ4v) is 3.29. The Morgan fingerprint density at radius 1 is 1.26 bits per heavy atom. The molecule has 0 saturated carbocycles. The number of hydrogen-bond donors (Lipinski definition) is 1. The van der Waals surface area contributed by atoms with Crippen LogP contribution in [-0.4, -0.2) is 23.4 Å². The third kappa shape index (κ3) is 4.33. The molecular weight excluding hydrogens is 398 g/mol. The van der Waals surface area contributed by atoms with Crippen molar-refractivity contribution in [2.24, 2.45) is 0 Å². The lowest BCUT2D eigenvalue weighted by Crippen LogP contribution is -2.38. The maximum atomic E-state index is 12.6. The molecule has 0 fully saturated rings. The van der Waals surface area contributed by atoms with E-state index < -0.39 is 0 Å². The summed E-state index contributed by atoms with van der Waals surface area (Å²) in [5.74, 6) is 0.967. The zero-order valence-corrected chi connectivity index (χ0v) is 17.8. The summed E-state index contributed by atoms with van der Waals surface area (Å²) in [6.45, 7) is 6.75. The number of amides is 2. The molecule has 0 atom stereocenters. The van der Waals surface area contributed by atoms with Crippen molar-refractivity contribution in [3.8, 4) is 5.75 Å². The van der Waals surface area contributed by atoms with Crippen LogP contribution in [0.1, 0.15) is 54.9 Å². The van der Waals surface area contributed by atoms with Crippen molar-refractivity contribution in [3.05, 3.63) is 65.8 Å². The van der Waals surface area contributed by atoms with Crippen LogP contribution in [0.2, 0.25) is 0 Å². The number of benzene rings is 1. The highest BCUT2D eigenvalue weighted by atomic mass is 16.5. The Hall–Kier alpha value is -3.55. The van der Waals surface area contributed by atoms with Crippen LogP contribution < -0.4 is 15.0 Å². The van der Waals surface area contributed by atoms with Gasteiger partial charge in [-0.05, 0) is 41.7 Å². The maximum absolute atomic E-state index is 12.6. The normalized spacial score (nSPS) is 13.6. The van der Waals surface area contributed by atoms with Crippen LogP contribution in [0.3, 0.4) is 0 Å². The van der Waals surface area contributed by atoms with E-state index in [0.29, 0.717) is 17.2 Å². The molecule has 31 heavy (non-hydrogen) atoms. The van der Waals surface area contributed by atoms with Crippen LogP contribution in [0.25, 0.3) is 0 Å². The first-order valence-electron chi connectivity index (χ1n) is 10.2. The van der Waals surface area contributed by atoms with Crippen molar-refractivity contribution in [1.82, 2.24) is 10.3 Å². The first kappa shape index (κ1) is 20.7. The number of oxazole rings is 1. The average molecular weight is 423 g/mol. The fraction of sp³-hybridized carbons (Fsp3) is 0.348. The largest absolute Gasteiger partial charge is 0.482 e. The summed E-state index contributed by atoms with van der Waals surface area (Å²) in [6, 6.07) is 9.42. The summed E-state index contributed by atoms with van der Waals surface area (Å²) in [7, 11) is 0. The van der Waals surface area contributed by atoms with Crippen molar-refractivity contribution in [3.63, 3.8) is 0 Å². The van der Waals surface area contributed by atoms with E-state index in [1.54, 1.807) is 23.3 Å². The SMILES string of the molecule is CCC(C)(C)c1ccc2c(c1)N(Cc1nc(C(=O)NCc3ccco3)co1)C(=O)CO2. The Labute approximate surface area is 180 Å². The van der Waals surface area contributed by atoms with E-state index in [2.05, 4.69) is 31.1 Å². The van der Waals surface area contributed by atoms with Gasteiger partial charge in [0.25, 0.3) is 11.8 Å². The minimum Gasteiger partial charge on any atom is -0.482 e. The number of furan rings is 1. The Bertz CT molecular complexity index is 1080. The van der Waals surface area contributed by atoms with Gasteiger partial charge in [-0.1, -0.05) is 26.8 Å². The molecule has 0 unspecified atom stereocenters. The molecule has 2 aromatic heterocycles. The van der Waals surface area contributed by atoms with Gasteiger partial charge in [-0.15, -0.1) is 0 Å². The summed E-state index contributed by atoms with van der Waals surface area (Å²) in [6.07, 6.45) is 3.78. The topological polar surface area (TPSA) is 97.8 Å². The molecule has 0 bridgehead atoms. The molecule has 0 aliphatic carbocycles. The van der Waals surface area contributed by atoms with Gasteiger partial charge in [0.05, 0.1) is 18.5 Å². The van der Waals surface area contributed by atoms with Crippen LogP contribution in [0.4, 0.5) is 5.69 Å². The molecule has 0 spiro atoms. The van der Waals surface area contributed by atoms with E-state index in [1.807, 2.05) is 18.2 Å². The molecule has 1 aromatic carbocycles. The second-order valence-corrected chi connectivity index (χ2v) is 8.08. The Morgan fingerprint density at radius 3 is 2.84 bits per heavy atom. The number of rotatable bonds is 7. The number of anilines is 1. The van der Waals surface area contributed by atoms with Gasteiger partial charge in [-0.25, -0.2) is 4.98 Å². The summed E-state index contributed by atoms with van der Waals surface area (Å²) < 4.78 is 16.3. The van der Waals surface area contributed by atoms with Crippen LogP contribution in [-0.2, 0) is 23.3 Å². The number of nitrogens with zero attached hydrogens (tertiary/aromatic N) is 2. The maximum Gasteiger partial charge on any atom is 0.273 e.